The van der Waals surface area contributed by atoms with Crippen LogP contribution < -0.4 is 10.2 Å². The summed E-state index contributed by atoms with van der Waals surface area (Å²) in [4.78, 5) is 25.1. The lowest BCUT2D eigenvalue weighted by Gasteiger charge is -2.26. The van der Waals surface area contributed by atoms with Crippen molar-refractivity contribution in [3.63, 3.8) is 0 Å². The number of sulfonamides is 1. The van der Waals surface area contributed by atoms with Gasteiger partial charge < -0.3 is 15.0 Å². The van der Waals surface area contributed by atoms with Crippen molar-refractivity contribution in [2.45, 2.75) is 25.2 Å². The van der Waals surface area contributed by atoms with Gasteiger partial charge in [-0.15, -0.1) is 0 Å². The SMILES string of the molecule is CCN(CCCNC(=O)c1cc(-c2ccccn2)nc2ccc(S(=O)(=O)N3CCOCC3)cc12)c1cccc(C)c1. The highest BCUT2D eigenvalue weighted by Crippen LogP contribution is 2.28. The first-order valence-electron chi connectivity index (χ1n) is 13.9. The number of carbonyl (C=O) groups is 1. The second kappa shape index (κ2) is 12.8. The van der Waals surface area contributed by atoms with Gasteiger partial charge in [-0.2, -0.15) is 4.31 Å². The minimum atomic E-state index is -3.75. The van der Waals surface area contributed by atoms with Crippen molar-refractivity contribution in [2.75, 3.05) is 50.8 Å². The number of carbonyl (C=O) groups excluding carboxylic acids is 1. The first-order chi connectivity index (χ1) is 19.9. The van der Waals surface area contributed by atoms with Crippen molar-refractivity contribution in [3.05, 3.63) is 84.1 Å². The summed E-state index contributed by atoms with van der Waals surface area (Å²) in [6.07, 6.45) is 2.42. The van der Waals surface area contributed by atoms with E-state index in [2.05, 4.69) is 53.3 Å². The van der Waals surface area contributed by atoms with E-state index in [-0.39, 0.29) is 10.8 Å². The summed E-state index contributed by atoms with van der Waals surface area (Å²) in [6.45, 7) is 7.61. The van der Waals surface area contributed by atoms with Crippen LogP contribution in [-0.4, -0.2) is 74.5 Å². The van der Waals surface area contributed by atoms with E-state index in [1.807, 2.05) is 18.2 Å². The van der Waals surface area contributed by atoms with E-state index in [9.17, 15) is 13.2 Å². The van der Waals surface area contributed by atoms with E-state index >= 15 is 0 Å². The molecule has 3 heterocycles. The lowest BCUT2D eigenvalue weighted by atomic mass is 10.1. The molecule has 0 radical (unpaired) electrons. The first-order valence-corrected chi connectivity index (χ1v) is 15.3. The van der Waals surface area contributed by atoms with Crippen LogP contribution in [0.2, 0.25) is 0 Å². The van der Waals surface area contributed by atoms with Gasteiger partial charge in [0.05, 0.1) is 40.6 Å². The van der Waals surface area contributed by atoms with Crippen LogP contribution in [-0.2, 0) is 14.8 Å². The fourth-order valence-electron chi connectivity index (χ4n) is 5.00. The monoisotopic (exact) mass is 573 g/mol. The van der Waals surface area contributed by atoms with Crippen LogP contribution in [0.1, 0.15) is 29.3 Å². The van der Waals surface area contributed by atoms with Gasteiger partial charge in [-0.1, -0.05) is 18.2 Å². The highest BCUT2D eigenvalue weighted by atomic mass is 32.2. The number of benzene rings is 2. The summed E-state index contributed by atoms with van der Waals surface area (Å²) in [5, 5.41) is 3.52. The van der Waals surface area contributed by atoms with Crippen molar-refractivity contribution < 1.29 is 17.9 Å². The molecule has 0 spiro atoms. The maximum atomic E-state index is 13.6. The Labute approximate surface area is 241 Å². The maximum absolute atomic E-state index is 13.6. The summed E-state index contributed by atoms with van der Waals surface area (Å²) in [6, 6.07) is 20.4. The van der Waals surface area contributed by atoms with Gasteiger partial charge in [-0.25, -0.2) is 13.4 Å². The molecule has 1 aliphatic rings. The normalized spacial score (nSPS) is 14.2. The van der Waals surface area contributed by atoms with Gasteiger partial charge >= 0.3 is 0 Å². The topological polar surface area (TPSA) is 105 Å². The molecule has 9 nitrogen and oxygen atoms in total. The van der Waals surface area contributed by atoms with Crippen LogP contribution in [0, 0.1) is 6.92 Å². The number of fused-ring (bicyclic) bond motifs is 1. The molecule has 0 aliphatic carbocycles. The number of aryl methyl sites for hydroxylation is 1. The molecular formula is C31H35N5O4S. The molecule has 1 amide bonds. The van der Waals surface area contributed by atoms with Gasteiger partial charge in [-0.05, 0) is 74.4 Å². The van der Waals surface area contributed by atoms with Crippen molar-refractivity contribution in [1.82, 2.24) is 19.6 Å². The highest BCUT2D eigenvalue weighted by molar-refractivity contribution is 7.89. The molecule has 1 N–H and O–H groups in total. The number of pyridine rings is 2. The number of hydrogen-bond acceptors (Lipinski definition) is 7. The molecule has 0 unspecified atom stereocenters. The molecule has 10 heteroatoms. The number of morpholine rings is 1. The molecule has 2 aromatic carbocycles. The molecule has 41 heavy (non-hydrogen) atoms. The lowest BCUT2D eigenvalue weighted by Crippen LogP contribution is -2.40. The van der Waals surface area contributed by atoms with Gasteiger partial charge in [0.2, 0.25) is 10.0 Å². The quantitative estimate of drug-likeness (QED) is 0.283. The zero-order valence-electron chi connectivity index (χ0n) is 23.4. The number of nitrogens with one attached hydrogen (secondary N) is 1. The number of nitrogens with zero attached hydrogens (tertiary/aromatic N) is 4. The molecule has 214 valence electrons. The van der Waals surface area contributed by atoms with Crippen molar-refractivity contribution in [3.8, 4) is 11.4 Å². The Balaban J connectivity index is 1.41. The average Bonchev–Trinajstić information content (AvgIpc) is 3.01. The largest absolute Gasteiger partial charge is 0.379 e. The van der Waals surface area contributed by atoms with Crippen LogP contribution in [0.3, 0.4) is 0 Å². The van der Waals surface area contributed by atoms with Gasteiger partial charge in [0.15, 0.2) is 0 Å². The molecular weight excluding hydrogens is 538 g/mol. The van der Waals surface area contributed by atoms with E-state index in [0.717, 1.165) is 25.2 Å². The lowest BCUT2D eigenvalue weighted by molar-refractivity contribution is 0.0730. The maximum Gasteiger partial charge on any atom is 0.252 e. The second-order valence-corrected chi connectivity index (χ2v) is 11.9. The number of aromatic nitrogens is 2. The van der Waals surface area contributed by atoms with Crippen molar-refractivity contribution in [2.24, 2.45) is 0 Å². The van der Waals surface area contributed by atoms with Crippen LogP contribution in [0.4, 0.5) is 5.69 Å². The highest BCUT2D eigenvalue weighted by Gasteiger charge is 2.27. The van der Waals surface area contributed by atoms with Crippen LogP contribution in [0.15, 0.2) is 77.8 Å². The molecule has 1 saturated heterocycles. The molecule has 0 saturated carbocycles. The number of rotatable bonds is 10. The number of amides is 1. The predicted molar refractivity (Wildman–Crippen MR) is 161 cm³/mol. The summed E-state index contributed by atoms with van der Waals surface area (Å²) < 4.78 is 33.5. The van der Waals surface area contributed by atoms with E-state index in [4.69, 9.17) is 9.72 Å². The predicted octanol–water partition coefficient (Wildman–Crippen LogP) is 4.27. The van der Waals surface area contributed by atoms with E-state index < -0.39 is 10.0 Å². The van der Waals surface area contributed by atoms with Gasteiger partial charge in [-0.3, -0.25) is 9.78 Å². The third-order valence-corrected chi connectivity index (χ3v) is 9.09. The molecule has 1 fully saturated rings. The summed E-state index contributed by atoms with van der Waals surface area (Å²) in [5.41, 5.74) is 4.43. The third-order valence-electron chi connectivity index (χ3n) is 7.20. The number of ether oxygens (including phenoxy) is 1. The summed E-state index contributed by atoms with van der Waals surface area (Å²) in [5.74, 6) is -0.283. The Bertz CT molecular complexity index is 1620. The smallest absolute Gasteiger partial charge is 0.252 e. The van der Waals surface area contributed by atoms with Crippen LogP contribution in [0.25, 0.3) is 22.3 Å². The molecule has 5 rings (SSSR count). The van der Waals surface area contributed by atoms with Crippen LogP contribution in [0.5, 0.6) is 0 Å². The Morgan fingerprint density at radius 3 is 2.59 bits per heavy atom. The summed E-state index contributed by atoms with van der Waals surface area (Å²) in [7, 11) is -3.75. The van der Waals surface area contributed by atoms with Crippen LogP contribution >= 0.6 is 0 Å². The minimum absolute atomic E-state index is 0.130. The Morgan fingerprint density at radius 1 is 1.02 bits per heavy atom. The number of hydrogen-bond donors (Lipinski definition) is 1. The minimum Gasteiger partial charge on any atom is -0.379 e. The second-order valence-electron chi connectivity index (χ2n) is 9.99. The average molecular weight is 574 g/mol. The van der Waals surface area contributed by atoms with E-state index in [1.54, 1.807) is 30.5 Å². The van der Waals surface area contributed by atoms with Crippen molar-refractivity contribution >= 4 is 32.5 Å². The van der Waals surface area contributed by atoms with E-state index in [0.29, 0.717) is 60.7 Å². The molecule has 1 aliphatic heterocycles. The molecule has 2 aromatic heterocycles. The van der Waals surface area contributed by atoms with Crippen molar-refractivity contribution in [1.29, 1.82) is 0 Å². The zero-order valence-corrected chi connectivity index (χ0v) is 24.2. The fourth-order valence-corrected chi connectivity index (χ4v) is 6.43. The third kappa shape index (κ3) is 6.56. The van der Waals surface area contributed by atoms with Gasteiger partial charge in [0.25, 0.3) is 5.91 Å². The first kappa shape index (κ1) is 28.7. The Morgan fingerprint density at radius 2 is 1.85 bits per heavy atom. The van der Waals surface area contributed by atoms with Gasteiger partial charge in [0.1, 0.15) is 0 Å². The molecule has 0 bridgehead atoms. The van der Waals surface area contributed by atoms with E-state index in [1.165, 1.54) is 9.87 Å². The molecule has 4 aromatic rings. The van der Waals surface area contributed by atoms with Gasteiger partial charge in [0, 0.05) is 50.0 Å². The standard InChI is InChI=1S/C31H35N5O4S/c1-3-35(24-9-6-8-23(2)20-24)15-7-14-33-31(37)27-22-30(29-10-4-5-13-32-29)34-28-12-11-25(21-26(27)28)41(38,39)36-16-18-40-19-17-36/h4-6,8-13,20-22H,3,7,14-19H2,1-2H3,(H,33,37). The summed E-state index contributed by atoms with van der Waals surface area (Å²) >= 11 is 0. The fraction of sp³-hybridized carbons (Fsp3) is 0.323. The Kier molecular flexibility index (Phi) is 8.92. The zero-order chi connectivity index (χ0) is 28.8. The number of anilines is 1. The molecule has 0 atom stereocenters. The Hall–Kier alpha value is -3.86.